The average Bonchev–Trinajstić information content (AvgIpc) is 3.04. The Morgan fingerprint density at radius 3 is 1.95 bits per heavy atom. The van der Waals surface area contributed by atoms with E-state index in [9.17, 15) is 0 Å². The summed E-state index contributed by atoms with van der Waals surface area (Å²) in [5, 5.41) is 6.77. The van der Waals surface area contributed by atoms with Crippen LogP contribution in [0.5, 0.6) is 0 Å². The summed E-state index contributed by atoms with van der Waals surface area (Å²) in [7, 11) is 0. The summed E-state index contributed by atoms with van der Waals surface area (Å²) in [5.74, 6) is 0. The normalized spacial score (nSPS) is 11.5. The van der Waals surface area contributed by atoms with Gasteiger partial charge in [0.05, 0.1) is 22.4 Å². The van der Waals surface area contributed by atoms with Crippen LogP contribution in [0.25, 0.3) is 77.0 Å². The molecular formula is C36H22N4. The molecule has 0 amide bonds. The number of rotatable bonds is 3. The molecular weight excluding hydrogens is 488 g/mol. The van der Waals surface area contributed by atoms with Crippen molar-refractivity contribution in [1.29, 1.82) is 0 Å². The van der Waals surface area contributed by atoms with E-state index in [1.165, 1.54) is 10.8 Å². The first kappa shape index (κ1) is 22.5. The Hall–Kier alpha value is -5.48. The Kier molecular flexibility index (Phi) is 5.10. The maximum absolute atomic E-state index is 4.71. The SMILES string of the molecule is c1ccc(-c2ncnc3c2ccc2cc(-c4ccc(-c5ncnc6ccc7ccccc7c56)cc4)ccc23)cc1. The number of benzene rings is 6. The van der Waals surface area contributed by atoms with Crippen LogP contribution in [0.3, 0.4) is 0 Å². The van der Waals surface area contributed by atoms with E-state index >= 15 is 0 Å². The Bertz CT molecular complexity index is 2200. The third-order valence-corrected chi connectivity index (χ3v) is 7.69. The van der Waals surface area contributed by atoms with Crippen LogP contribution in [0.4, 0.5) is 0 Å². The van der Waals surface area contributed by atoms with Crippen molar-refractivity contribution in [3.63, 3.8) is 0 Å². The van der Waals surface area contributed by atoms with Gasteiger partial charge in [-0.15, -0.1) is 0 Å². The molecule has 0 spiro atoms. The van der Waals surface area contributed by atoms with Crippen LogP contribution in [0.2, 0.25) is 0 Å². The summed E-state index contributed by atoms with van der Waals surface area (Å²) < 4.78 is 0. The van der Waals surface area contributed by atoms with Crippen molar-refractivity contribution in [3.8, 4) is 33.6 Å². The molecule has 4 heteroatoms. The molecule has 0 bridgehead atoms. The molecule has 0 aliphatic carbocycles. The summed E-state index contributed by atoms with van der Waals surface area (Å²) in [6.45, 7) is 0. The van der Waals surface area contributed by atoms with Crippen molar-refractivity contribution in [2.45, 2.75) is 0 Å². The van der Waals surface area contributed by atoms with Gasteiger partial charge in [-0.05, 0) is 45.5 Å². The van der Waals surface area contributed by atoms with Gasteiger partial charge in [0.25, 0.3) is 0 Å². The molecule has 0 aliphatic heterocycles. The summed E-state index contributed by atoms with van der Waals surface area (Å²) >= 11 is 0. The molecule has 8 rings (SSSR count). The molecule has 8 aromatic rings. The Morgan fingerprint density at radius 1 is 0.375 bits per heavy atom. The van der Waals surface area contributed by atoms with Crippen molar-refractivity contribution in [2.24, 2.45) is 0 Å². The monoisotopic (exact) mass is 510 g/mol. The Labute approximate surface area is 230 Å². The lowest BCUT2D eigenvalue weighted by atomic mass is 9.96. The van der Waals surface area contributed by atoms with Crippen LogP contribution in [0.15, 0.2) is 134 Å². The van der Waals surface area contributed by atoms with Gasteiger partial charge in [0, 0.05) is 27.3 Å². The van der Waals surface area contributed by atoms with Gasteiger partial charge in [-0.1, -0.05) is 103 Å². The third kappa shape index (κ3) is 3.62. The maximum atomic E-state index is 4.71. The molecule has 6 aromatic carbocycles. The molecule has 0 saturated heterocycles. The fourth-order valence-corrected chi connectivity index (χ4v) is 5.73. The first-order valence-corrected chi connectivity index (χ1v) is 13.3. The van der Waals surface area contributed by atoms with Crippen molar-refractivity contribution >= 4 is 43.4 Å². The first-order valence-electron chi connectivity index (χ1n) is 13.3. The topological polar surface area (TPSA) is 51.6 Å². The van der Waals surface area contributed by atoms with Crippen LogP contribution < -0.4 is 0 Å². The lowest BCUT2D eigenvalue weighted by molar-refractivity contribution is 1.23. The van der Waals surface area contributed by atoms with E-state index in [2.05, 4.69) is 118 Å². The van der Waals surface area contributed by atoms with Gasteiger partial charge in [0.2, 0.25) is 0 Å². The van der Waals surface area contributed by atoms with Crippen LogP contribution in [0.1, 0.15) is 0 Å². The zero-order chi connectivity index (χ0) is 26.5. The van der Waals surface area contributed by atoms with Gasteiger partial charge in [-0.2, -0.15) is 0 Å². The second kappa shape index (κ2) is 9.07. The number of fused-ring (bicyclic) bond motifs is 6. The summed E-state index contributed by atoms with van der Waals surface area (Å²) in [5.41, 5.74) is 8.31. The van der Waals surface area contributed by atoms with Crippen LogP contribution >= 0.6 is 0 Å². The molecule has 4 nitrogen and oxygen atoms in total. The van der Waals surface area contributed by atoms with Gasteiger partial charge >= 0.3 is 0 Å². The number of hydrogen-bond acceptors (Lipinski definition) is 4. The minimum atomic E-state index is 0.951. The van der Waals surface area contributed by atoms with Gasteiger partial charge in [0.1, 0.15) is 12.7 Å². The second-order valence-electron chi connectivity index (χ2n) is 9.97. The van der Waals surface area contributed by atoms with Gasteiger partial charge in [-0.25, -0.2) is 19.9 Å². The second-order valence-corrected chi connectivity index (χ2v) is 9.97. The highest BCUT2D eigenvalue weighted by Crippen LogP contribution is 2.35. The van der Waals surface area contributed by atoms with Crippen molar-refractivity contribution in [2.75, 3.05) is 0 Å². The molecule has 40 heavy (non-hydrogen) atoms. The van der Waals surface area contributed by atoms with E-state index in [1.54, 1.807) is 12.7 Å². The van der Waals surface area contributed by atoms with E-state index in [0.717, 1.165) is 66.2 Å². The van der Waals surface area contributed by atoms with Gasteiger partial charge < -0.3 is 0 Å². The molecule has 0 N–H and O–H groups in total. The molecule has 186 valence electrons. The Morgan fingerprint density at radius 2 is 1.05 bits per heavy atom. The Balaban J connectivity index is 1.20. The van der Waals surface area contributed by atoms with E-state index in [4.69, 9.17) is 4.98 Å². The summed E-state index contributed by atoms with van der Waals surface area (Å²) in [4.78, 5) is 18.5. The van der Waals surface area contributed by atoms with Crippen LogP contribution in [0, 0.1) is 0 Å². The quantitative estimate of drug-likeness (QED) is 0.223. The average molecular weight is 511 g/mol. The van der Waals surface area contributed by atoms with Crippen molar-refractivity contribution in [1.82, 2.24) is 19.9 Å². The van der Waals surface area contributed by atoms with Gasteiger partial charge in [-0.3, -0.25) is 0 Å². The molecule has 2 heterocycles. The minimum Gasteiger partial charge on any atom is -0.236 e. The predicted molar refractivity (Wildman–Crippen MR) is 164 cm³/mol. The summed E-state index contributed by atoms with van der Waals surface area (Å²) in [6.07, 6.45) is 3.32. The lowest BCUT2D eigenvalue weighted by Crippen LogP contribution is -1.91. The smallest absolute Gasteiger partial charge is 0.116 e. The zero-order valence-electron chi connectivity index (χ0n) is 21.5. The predicted octanol–water partition coefficient (Wildman–Crippen LogP) is 8.88. The molecule has 0 saturated carbocycles. The van der Waals surface area contributed by atoms with E-state index in [1.807, 2.05) is 18.2 Å². The van der Waals surface area contributed by atoms with E-state index in [-0.39, 0.29) is 0 Å². The maximum Gasteiger partial charge on any atom is 0.116 e. The molecule has 0 radical (unpaired) electrons. The molecule has 0 unspecified atom stereocenters. The molecule has 2 aromatic heterocycles. The standard InChI is InChI=1S/C36H22N4/c1-2-7-25(8-3-1)34-31-18-15-28-20-27(14-17-30(28)36(31)40-22-38-34)23-10-12-26(13-11-23)35-33-29-9-5-4-6-24(29)16-19-32(33)37-21-39-35/h1-22H. The van der Waals surface area contributed by atoms with Crippen LogP contribution in [-0.4, -0.2) is 19.9 Å². The van der Waals surface area contributed by atoms with E-state index in [0.29, 0.717) is 0 Å². The highest BCUT2D eigenvalue weighted by Gasteiger charge is 2.12. The zero-order valence-corrected chi connectivity index (χ0v) is 21.5. The third-order valence-electron chi connectivity index (χ3n) is 7.69. The fourth-order valence-electron chi connectivity index (χ4n) is 5.73. The van der Waals surface area contributed by atoms with Gasteiger partial charge in [0.15, 0.2) is 0 Å². The largest absolute Gasteiger partial charge is 0.236 e. The molecule has 0 atom stereocenters. The summed E-state index contributed by atoms with van der Waals surface area (Å²) in [6, 6.07) is 42.4. The first-order chi connectivity index (χ1) is 19.8. The number of hydrogen-bond donors (Lipinski definition) is 0. The number of nitrogens with zero attached hydrogens (tertiary/aromatic N) is 4. The molecule has 0 fully saturated rings. The highest BCUT2D eigenvalue weighted by molar-refractivity contribution is 6.12. The number of aromatic nitrogens is 4. The molecule has 0 aliphatic rings. The fraction of sp³-hybridized carbons (Fsp3) is 0. The highest BCUT2D eigenvalue weighted by atomic mass is 14.8. The van der Waals surface area contributed by atoms with Crippen LogP contribution in [-0.2, 0) is 0 Å². The van der Waals surface area contributed by atoms with Crippen molar-refractivity contribution in [3.05, 3.63) is 134 Å². The van der Waals surface area contributed by atoms with Crippen molar-refractivity contribution < 1.29 is 0 Å². The lowest BCUT2D eigenvalue weighted by Gasteiger charge is -2.11. The van der Waals surface area contributed by atoms with E-state index < -0.39 is 0 Å². The minimum absolute atomic E-state index is 0.951.